The summed E-state index contributed by atoms with van der Waals surface area (Å²) in [6.07, 6.45) is 1.06. The molecule has 5 nitrogen and oxygen atoms in total. The minimum atomic E-state index is -0.409. The van der Waals surface area contributed by atoms with Gasteiger partial charge in [-0.25, -0.2) is 4.98 Å². The number of piperidine rings is 1. The third-order valence-electron chi connectivity index (χ3n) is 4.29. The highest BCUT2D eigenvalue weighted by atomic mass is 16.1. The average molecular weight is 276 g/mol. The largest absolute Gasteiger partial charge is 0.365 e. The molecule has 0 spiro atoms. The van der Waals surface area contributed by atoms with Gasteiger partial charge in [-0.15, -0.1) is 0 Å². The van der Waals surface area contributed by atoms with Crippen molar-refractivity contribution < 1.29 is 4.79 Å². The Morgan fingerprint density at radius 1 is 1.50 bits per heavy atom. The minimum Gasteiger partial charge on any atom is -0.365 e. The Morgan fingerprint density at radius 2 is 2.20 bits per heavy atom. The van der Waals surface area contributed by atoms with Gasteiger partial charge in [-0.3, -0.25) is 4.79 Å². The Morgan fingerprint density at radius 3 is 2.80 bits per heavy atom. The number of hydrogen-bond acceptors (Lipinski definition) is 4. The summed E-state index contributed by atoms with van der Waals surface area (Å²) < 4.78 is 0. The van der Waals surface area contributed by atoms with Crippen molar-refractivity contribution in [1.29, 1.82) is 0 Å². The van der Waals surface area contributed by atoms with E-state index < -0.39 is 5.91 Å². The lowest BCUT2D eigenvalue weighted by molar-refractivity contribution is 0.0999. The van der Waals surface area contributed by atoms with Crippen molar-refractivity contribution in [3.05, 3.63) is 22.9 Å². The zero-order valence-corrected chi connectivity index (χ0v) is 12.5. The van der Waals surface area contributed by atoms with Crippen LogP contribution in [0.15, 0.2) is 6.07 Å². The lowest BCUT2D eigenvalue weighted by atomic mass is 9.87. The molecule has 0 aromatic carbocycles. The van der Waals surface area contributed by atoms with Crippen molar-refractivity contribution >= 4 is 11.7 Å². The van der Waals surface area contributed by atoms with Gasteiger partial charge in [-0.1, -0.05) is 6.92 Å². The van der Waals surface area contributed by atoms with Crippen molar-refractivity contribution in [3.63, 3.8) is 0 Å². The first-order valence-corrected chi connectivity index (χ1v) is 7.17. The van der Waals surface area contributed by atoms with Crippen LogP contribution in [0.1, 0.15) is 35.0 Å². The number of carbonyl (C=O) groups excluding carboxylic acids is 1. The number of aromatic nitrogens is 1. The number of rotatable bonds is 3. The molecule has 1 fully saturated rings. The van der Waals surface area contributed by atoms with Crippen molar-refractivity contribution in [1.82, 2.24) is 4.98 Å². The molecule has 20 heavy (non-hydrogen) atoms. The highest BCUT2D eigenvalue weighted by Gasteiger charge is 2.28. The fourth-order valence-corrected chi connectivity index (χ4v) is 3.00. The molecular formula is C15H24N4O. The van der Waals surface area contributed by atoms with Crippen LogP contribution in [-0.4, -0.2) is 30.5 Å². The zero-order chi connectivity index (χ0) is 14.9. The smallest absolute Gasteiger partial charge is 0.252 e. The maximum absolute atomic E-state index is 11.7. The summed E-state index contributed by atoms with van der Waals surface area (Å²) in [7, 11) is 0. The molecule has 4 N–H and O–H groups in total. The van der Waals surface area contributed by atoms with Crippen LogP contribution in [0, 0.1) is 25.7 Å². The van der Waals surface area contributed by atoms with Crippen molar-refractivity contribution in [2.45, 2.75) is 27.2 Å². The molecule has 1 aromatic rings. The maximum Gasteiger partial charge on any atom is 0.252 e. The van der Waals surface area contributed by atoms with Gasteiger partial charge in [-0.2, -0.15) is 0 Å². The van der Waals surface area contributed by atoms with E-state index in [2.05, 4.69) is 16.8 Å². The van der Waals surface area contributed by atoms with Gasteiger partial charge in [0, 0.05) is 18.8 Å². The van der Waals surface area contributed by atoms with Gasteiger partial charge < -0.3 is 16.4 Å². The van der Waals surface area contributed by atoms with Gasteiger partial charge in [0.05, 0.1) is 5.56 Å². The highest BCUT2D eigenvalue weighted by Crippen LogP contribution is 2.29. The van der Waals surface area contributed by atoms with Crippen LogP contribution in [0.5, 0.6) is 0 Å². The number of primary amides is 1. The van der Waals surface area contributed by atoms with Gasteiger partial charge in [-0.05, 0) is 50.3 Å². The Labute approximate surface area is 120 Å². The summed E-state index contributed by atoms with van der Waals surface area (Å²) in [4.78, 5) is 18.5. The summed E-state index contributed by atoms with van der Waals surface area (Å²) in [5.41, 5.74) is 13.7. The first-order chi connectivity index (χ1) is 9.43. The lowest BCUT2D eigenvalue weighted by Crippen LogP contribution is -2.44. The van der Waals surface area contributed by atoms with Gasteiger partial charge in [0.15, 0.2) is 0 Å². The van der Waals surface area contributed by atoms with Crippen LogP contribution in [-0.2, 0) is 0 Å². The second-order valence-electron chi connectivity index (χ2n) is 5.85. The van der Waals surface area contributed by atoms with Crippen molar-refractivity contribution in [2.24, 2.45) is 23.3 Å². The van der Waals surface area contributed by atoms with Crippen LogP contribution >= 0.6 is 0 Å². The lowest BCUT2D eigenvalue weighted by Gasteiger charge is -2.38. The van der Waals surface area contributed by atoms with E-state index >= 15 is 0 Å². The van der Waals surface area contributed by atoms with Crippen LogP contribution < -0.4 is 16.4 Å². The van der Waals surface area contributed by atoms with Gasteiger partial charge in [0.1, 0.15) is 5.82 Å². The highest BCUT2D eigenvalue weighted by molar-refractivity contribution is 5.99. The molecule has 1 aliphatic heterocycles. The fraction of sp³-hybridized carbons (Fsp3) is 0.600. The number of aryl methyl sites for hydroxylation is 2. The number of pyridine rings is 1. The molecule has 1 amide bonds. The average Bonchev–Trinajstić information content (AvgIpc) is 2.37. The topological polar surface area (TPSA) is 85.2 Å². The Balaban J connectivity index is 2.39. The second-order valence-corrected chi connectivity index (χ2v) is 5.85. The Kier molecular flexibility index (Phi) is 4.28. The summed E-state index contributed by atoms with van der Waals surface area (Å²) >= 11 is 0. The second kappa shape index (κ2) is 5.79. The van der Waals surface area contributed by atoms with Crippen LogP contribution in [0.25, 0.3) is 0 Å². The molecular weight excluding hydrogens is 252 g/mol. The number of anilines is 1. The molecule has 1 aromatic heterocycles. The van der Waals surface area contributed by atoms with E-state index in [0.29, 0.717) is 23.9 Å². The van der Waals surface area contributed by atoms with E-state index in [4.69, 9.17) is 11.5 Å². The van der Waals surface area contributed by atoms with Gasteiger partial charge in [0.25, 0.3) is 5.91 Å². The number of carbonyl (C=O) groups is 1. The molecule has 0 bridgehead atoms. The van der Waals surface area contributed by atoms with Gasteiger partial charge >= 0.3 is 0 Å². The quantitative estimate of drug-likeness (QED) is 0.869. The zero-order valence-electron chi connectivity index (χ0n) is 12.5. The van der Waals surface area contributed by atoms with E-state index in [1.54, 1.807) is 0 Å². The Bertz CT molecular complexity index is 515. The number of amides is 1. The van der Waals surface area contributed by atoms with Crippen molar-refractivity contribution in [2.75, 3.05) is 24.5 Å². The van der Waals surface area contributed by atoms with Crippen LogP contribution in [0.3, 0.4) is 0 Å². The van der Waals surface area contributed by atoms with Crippen LogP contribution in [0.4, 0.5) is 5.82 Å². The third-order valence-corrected chi connectivity index (χ3v) is 4.29. The maximum atomic E-state index is 11.7. The number of hydrogen-bond donors (Lipinski definition) is 2. The summed E-state index contributed by atoms with van der Waals surface area (Å²) in [5.74, 6) is 1.36. The summed E-state index contributed by atoms with van der Waals surface area (Å²) in [6.45, 7) is 8.48. The van der Waals surface area contributed by atoms with Crippen molar-refractivity contribution in [3.8, 4) is 0 Å². The molecule has 0 aliphatic carbocycles. The molecule has 2 heterocycles. The van der Waals surface area contributed by atoms with E-state index in [-0.39, 0.29) is 0 Å². The molecule has 0 saturated carbocycles. The van der Waals surface area contributed by atoms with E-state index in [1.807, 2.05) is 19.9 Å². The first-order valence-electron chi connectivity index (χ1n) is 7.17. The molecule has 5 heteroatoms. The molecule has 2 unspecified atom stereocenters. The summed E-state index contributed by atoms with van der Waals surface area (Å²) in [6, 6.07) is 1.90. The third kappa shape index (κ3) is 2.77. The predicted octanol–water partition coefficient (Wildman–Crippen LogP) is 1.22. The standard InChI is InChI=1S/C15H24N4O/c1-9-4-5-19(8-12(9)7-16)15-13(14(17)20)10(2)6-11(3)18-15/h6,9,12H,4-5,7-8,16H2,1-3H3,(H2,17,20). The molecule has 1 aliphatic rings. The fourth-order valence-electron chi connectivity index (χ4n) is 3.00. The Hall–Kier alpha value is -1.62. The van der Waals surface area contributed by atoms with E-state index in [1.165, 1.54) is 0 Å². The first kappa shape index (κ1) is 14.8. The molecule has 110 valence electrons. The minimum absolute atomic E-state index is 0.409. The van der Waals surface area contributed by atoms with E-state index in [0.717, 1.165) is 36.6 Å². The number of nitrogens with zero attached hydrogens (tertiary/aromatic N) is 2. The van der Waals surface area contributed by atoms with E-state index in [9.17, 15) is 4.79 Å². The molecule has 1 saturated heterocycles. The summed E-state index contributed by atoms with van der Waals surface area (Å²) in [5, 5.41) is 0. The van der Waals surface area contributed by atoms with Gasteiger partial charge in [0.2, 0.25) is 0 Å². The van der Waals surface area contributed by atoms with Crippen LogP contribution in [0.2, 0.25) is 0 Å². The molecule has 2 rings (SSSR count). The normalized spacial score (nSPS) is 22.9. The molecule has 2 atom stereocenters. The number of nitrogens with two attached hydrogens (primary N) is 2. The monoisotopic (exact) mass is 276 g/mol. The SMILES string of the molecule is Cc1cc(C)c(C(N)=O)c(N2CCC(C)C(CN)C2)n1. The predicted molar refractivity (Wildman–Crippen MR) is 80.8 cm³/mol. The molecule has 0 radical (unpaired) electrons.